The van der Waals surface area contributed by atoms with E-state index in [0.29, 0.717) is 11.1 Å². The average molecular weight is 242 g/mol. The lowest BCUT2D eigenvalue weighted by molar-refractivity contribution is 0.0696. The minimum absolute atomic E-state index is 0.00951. The van der Waals surface area contributed by atoms with Gasteiger partial charge in [-0.05, 0) is 29.8 Å². The molecule has 0 amide bonds. The molecule has 0 bridgehead atoms. The van der Waals surface area contributed by atoms with Gasteiger partial charge in [-0.3, -0.25) is 4.98 Å². The maximum atomic E-state index is 13.3. The van der Waals surface area contributed by atoms with Crippen LogP contribution in [0.25, 0.3) is 11.1 Å². The van der Waals surface area contributed by atoms with E-state index < -0.39 is 11.8 Å². The molecule has 2 rings (SSSR count). The Labute approximate surface area is 102 Å². The molecule has 0 radical (unpaired) electrons. The fourth-order valence-corrected chi connectivity index (χ4v) is 1.54. The van der Waals surface area contributed by atoms with E-state index in [-0.39, 0.29) is 11.1 Å². The number of hydrogen-bond acceptors (Lipinski definition) is 3. The minimum atomic E-state index is -1.11. The summed E-state index contributed by atoms with van der Waals surface area (Å²) in [5.74, 6) is -1.66. The van der Waals surface area contributed by atoms with Crippen LogP contribution in [-0.4, -0.2) is 16.1 Å². The van der Waals surface area contributed by atoms with Crippen LogP contribution >= 0.6 is 0 Å². The highest BCUT2D eigenvalue weighted by Gasteiger charge is 2.07. The summed E-state index contributed by atoms with van der Waals surface area (Å²) >= 11 is 0. The van der Waals surface area contributed by atoms with Crippen LogP contribution in [0.5, 0.6) is 0 Å². The number of halogens is 1. The largest absolute Gasteiger partial charge is 0.478 e. The maximum absolute atomic E-state index is 13.3. The number of pyridine rings is 1. The molecule has 88 valence electrons. The molecule has 0 atom stereocenters. The van der Waals surface area contributed by atoms with E-state index >= 15 is 0 Å². The van der Waals surface area contributed by atoms with Gasteiger partial charge in [-0.25, -0.2) is 9.18 Å². The molecule has 1 aromatic carbocycles. The highest BCUT2D eigenvalue weighted by molar-refractivity contribution is 5.88. The van der Waals surface area contributed by atoms with E-state index in [1.165, 1.54) is 30.6 Å². The van der Waals surface area contributed by atoms with Gasteiger partial charge in [-0.1, -0.05) is 0 Å². The summed E-state index contributed by atoms with van der Waals surface area (Å²) in [6.07, 6.45) is 2.62. The van der Waals surface area contributed by atoms with Crippen molar-refractivity contribution in [3.8, 4) is 17.2 Å². The van der Waals surface area contributed by atoms with Crippen LogP contribution < -0.4 is 0 Å². The predicted molar refractivity (Wildman–Crippen MR) is 61.3 cm³/mol. The number of hydrogen-bond donors (Lipinski definition) is 1. The lowest BCUT2D eigenvalue weighted by atomic mass is 10.0. The number of carboxylic acids is 1. The summed E-state index contributed by atoms with van der Waals surface area (Å²) in [5, 5.41) is 17.6. The highest BCUT2D eigenvalue weighted by atomic mass is 19.1. The average Bonchev–Trinajstić information content (AvgIpc) is 2.38. The molecule has 0 aliphatic heterocycles. The summed E-state index contributed by atoms with van der Waals surface area (Å²) < 4.78 is 13.3. The van der Waals surface area contributed by atoms with Crippen molar-refractivity contribution in [3.05, 3.63) is 53.6 Å². The zero-order valence-electron chi connectivity index (χ0n) is 9.09. The Morgan fingerprint density at radius 1 is 1.22 bits per heavy atom. The van der Waals surface area contributed by atoms with Crippen molar-refractivity contribution in [2.75, 3.05) is 0 Å². The fraction of sp³-hybridized carbons (Fsp3) is 0. The van der Waals surface area contributed by atoms with Crippen LogP contribution in [0.2, 0.25) is 0 Å². The van der Waals surface area contributed by atoms with Gasteiger partial charge in [0, 0.05) is 18.0 Å². The number of nitriles is 1. The lowest BCUT2D eigenvalue weighted by Crippen LogP contribution is -1.97. The Morgan fingerprint density at radius 2 is 2.00 bits per heavy atom. The van der Waals surface area contributed by atoms with Crippen LogP contribution in [0.1, 0.15) is 15.9 Å². The Kier molecular flexibility index (Phi) is 3.02. The minimum Gasteiger partial charge on any atom is -0.478 e. The van der Waals surface area contributed by atoms with Crippen LogP contribution in [0.3, 0.4) is 0 Å². The van der Waals surface area contributed by atoms with E-state index in [2.05, 4.69) is 4.98 Å². The summed E-state index contributed by atoms with van der Waals surface area (Å²) in [6, 6.07) is 7.03. The zero-order chi connectivity index (χ0) is 13.1. The molecule has 0 fully saturated rings. The smallest absolute Gasteiger partial charge is 0.337 e. The van der Waals surface area contributed by atoms with Crippen molar-refractivity contribution in [2.24, 2.45) is 0 Å². The first kappa shape index (κ1) is 11.7. The first-order valence-corrected chi connectivity index (χ1v) is 4.99. The Hall–Kier alpha value is -2.74. The fourth-order valence-electron chi connectivity index (χ4n) is 1.54. The number of nitrogens with zero attached hydrogens (tertiary/aromatic N) is 2. The third-order valence-corrected chi connectivity index (χ3v) is 2.35. The third-order valence-electron chi connectivity index (χ3n) is 2.35. The van der Waals surface area contributed by atoms with Crippen LogP contribution in [-0.2, 0) is 0 Å². The van der Waals surface area contributed by atoms with Crippen LogP contribution in [0, 0.1) is 17.1 Å². The van der Waals surface area contributed by atoms with Crippen molar-refractivity contribution in [1.82, 2.24) is 4.98 Å². The number of aromatic nitrogens is 1. The van der Waals surface area contributed by atoms with Gasteiger partial charge in [0.2, 0.25) is 0 Å². The molecule has 5 heteroatoms. The monoisotopic (exact) mass is 242 g/mol. The number of rotatable bonds is 2. The molecule has 0 aliphatic rings. The molecular weight excluding hydrogens is 235 g/mol. The van der Waals surface area contributed by atoms with Crippen molar-refractivity contribution < 1.29 is 14.3 Å². The highest BCUT2D eigenvalue weighted by Crippen LogP contribution is 2.22. The Morgan fingerprint density at radius 3 is 2.67 bits per heavy atom. The van der Waals surface area contributed by atoms with E-state index in [0.717, 1.165) is 6.07 Å². The van der Waals surface area contributed by atoms with E-state index in [4.69, 9.17) is 10.4 Å². The van der Waals surface area contributed by atoms with Crippen LogP contribution in [0.4, 0.5) is 4.39 Å². The molecule has 0 spiro atoms. The van der Waals surface area contributed by atoms with E-state index in [1.807, 2.05) is 6.07 Å². The molecular formula is C13H7FN2O2. The lowest BCUT2D eigenvalue weighted by Gasteiger charge is -2.03. The quantitative estimate of drug-likeness (QED) is 0.877. The van der Waals surface area contributed by atoms with Gasteiger partial charge in [0.15, 0.2) is 0 Å². The normalized spacial score (nSPS) is 9.78. The second-order valence-corrected chi connectivity index (χ2v) is 3.61. The molecule has 1 N–H and O–H groups in total. The molecule has 2 aromatic rings. The second-order valence-electron chi connectivity index (χ2n) is 3.61. The van der Waals surface area contributed by atoms with Gasteiger partial charge < -0.3 is 5.11 Å². The van der Waals surface area contributed by atoms with Crippen LogP contribution in [0.15, 0.2) is 36.7 Å². The second kappa shape index (κ2) is 4.63. The molecule has 1 heterocycles. The molecule has 0 unspecified atom stereocenters. The van der Waals surface area contributed by atoms with Crippen molar-refractivity contribution in [2.45, 2.75) is 0 Å². The summed E-state index contributed by atoms with van der Waals surface area (Å²) in [7, 11) is 0. The number of aromatic carboxylic acids is 1. The van der Waals surface area contributed by atoms with Gasteiger partial charge in [0.05, 0.1) is 17.2 Å². The first-order valence-electron chi connectivity index (χ1n) is 4.99. The number of benzene rings is 1. The van der Waals surface area contributed by atoms with Gasteiger partial charge in [0.1, 0.15) is 5.82 Å². The molecule has 18 heavy (non-hydrogen) atoms. The summed E-state index contributed by atoms with van der Waals surface area (Å²) in [5.41, 5.74) is 1.05. The van der Waals surface area contributed by atoms with Crippen molar-refractivity contribution in [1.29, 1.82) is 5.26 Å². The van der Waals surface area contributed by atoms with E-state index in [9.17, 15) is 9.18 Å². The summed E-state index contributed by atoms with van der Waals surface area (Å²) in [6.45, 7) is 0. The Bertz CT molecular complexity index is 662. The molecule has 1 aromatic heterocycles. The van der Waals surface area contributed by atoms with E-state index in [1.54, 1.807) is 0 Å². The topological polar surface area (TPSA) is 74.0 Å². The van der Waals surface area contributed by atoms with Crippen molar-refractivity contribution >= 4 is 5.97 Å². The first-order chi connectivity index (χ1) is 8.60. The molecule has 0 saturated heterocycles. The zero-order valence-corrected chi connectivity index (χ0v) is 9.09. The van der Waals surface area contributed by atoms with Gasteiger partial charge >= 0.3 is 5.97 Å². The number of carbonyl (C=O) groups is 1. The number of carboxylic acid groups (broad SMARTS) is 1. The Balaban J connectivity index is 2.55. The summed E-state index contributed by atoms with van der Waals surface area (Å²) in [4.78, 5) is 14.6. The molecule has 0 saturated carbocycles. The SMILES string of the molecule is N#Cc1cc(F)cc(-c2cncc(C(=O)O)c2)c1. The predicted octanol–water partition coefficient (Wildman–Crippen LogP) is 2.46. The van der Waals surface area contributed by atoms with Gasteiger partial charge in [-0.2, -0.15) is 5.26 Å². The maximum Gasteiger partial charge on any atom is 0.337 e. The molecule has 4 nitrogen and oxygen atoms in total. The third kappa shape index (κ3) is 2.33. The van der Waals surface area contributed by atoms with Gasteiger partial charge in [-0.15, -0.1) is 0 Å². The van der Waals surface area contributed by atoms with Gasteiger partial charge in [0.25, 0.3) is 0 Å². The van der Waals surface area contributed by atoms with Crippen molar-refractivity contribution in [3.63, 3.8) is 0 Å². The molecule has 0 aliphatic carbocycles. The standard InChI is InChI=1S/C13H7FN2O2/c14-12-2-8(5-15)1-9(4-12)10-3-11(13(17)18)7-16-6-10/h1-4,6-7H,(H,17,18).